The summed E-state index contributed by atoms with van der Waals surface area (Å²) in [6, 6.07) is 8.00. The summed E-state index contributed by atoms with van der Waals surface area (Å²) >= 11 is 0. The van der Waals surface area contributed by atoms with Crippen LogP contribution in [0.3, 0.4) is 0 Å². The van der Waals surface area contributed by atoms with E-state index in [2.05, 4.69) is 4.74 Å². The van der Waals surface area contributed by atoms with E-state index in [1.54, 1.807) is 18.2 Å². The van der Waals surface area contributed by atoms with Gasteiger partial charge in [-0.25, -0.2) is 0 Å². The highest BCUT2D eigenvalue weighted by Crippen LogP contribution is 2.37. The quantitative estimate of drug-likeness (QED) is 0.235. The third-order valence-electron chi connectivity index (χ3n) is 5.27. The predicted octanol–water partition coefficient (Wildman–Crippen LogP) is -1.50. The van der Waals surface area contributed by atoms with Crippen LogP contribution in [0.1, 0.15) is 32.6 Å². The van der Waals surface area contributed by atoms with Crippen molar-refractivity contribution < 1.29 is 50.4 Å². The number of aromatic hydroxyl groups is 2. The molecule has 2 aliphatic rings. The number of aliphatic hydroxyl groups is 6. The van der Waals surface area contributed by atoms with Crippen LogP contribution in [0.5, 0.6) is 11.5 Å². The average molecular weight is 436 g/mol. The van der Waals surface area contributed by atoms with Gasteiger partial charge in [-0.05, 0) is 35.2 Å². The zero-order valence-corrected chi connectivity index (χ0v) is 16.3. The van der Waals surface area contributed by atoms with Crippen molar-refractivity contribution in [3.8, 4) is 11.5 Å². The molecule has 0 amide bonds. The van der Waals surface area contributed by atoms with E-state index < -0.39 is 37.3 Å². The van der Waals surface area contributed by atoms with Gasteiger partial charge < -0.3 is 45.6 Å². The molecular formula is C21H24O10. The summed E-state index contributed by atoms with van der Waals surface area (Å²) in [6.45, 7) is -0.718. The lowest BCUT2D eigenvalue weighted by molar-refractivity contribution is -0.286. The summed E-state index contributed by atoms with van der Waals surface area (Å²) in [5.74, 6) is -0.601. The summed E-state index contributed by atoms with van der Waals surface area (Å²) in [5.41, 5.74) is 2.43. The van der Waals surface area contributed by atoms with E-state index in [4.69, 9.17) is 30.6 Å². The number of hydrogen-bond donors (Lipinski definition) is 8. The minimum atomic E-state index is -1.57. The van der Waals surface area contributed by atoms with Crippen LogP contribution in [0.15, 0.2) is 30.3 Å². The monoisotopic (exact) mass is 436 g/mol. The Labute approximate surface area is 176 Å². The largest absolute Gasteiger partial charge is 0.507 e. The Morgan fingerprint density at radius 1 is 0.871 bits per heavy atom. The normalized spacial score (nSPS) is 27.0. The van der Waals surface area contributed by atoms with Crippen LogP contribution < -0.4 is 0 Å². The third-order valence-corrected chi connectivity index (χ3v) is 5.27. The highest BCUT2D eigenvalue weighted by atomic mass is 16.6. The Balaban J connectivity index is 0.000000196. The summed E-state index contributed by atoms with van der Waals surface area (Å²) < 4.78 is 4.58. The van der Waals surface area contributed by atoms with E-state index >= 15 is 0 Å². The molecule has 1 aliphatic heterocycles. The molecule has 0 saturated carbocycles. The molecule has 4 rings (SSSR count). The number of aliphatic hydroxyl groups excluding tert-OH is 6. The number of fused-ring (bicyclic) bond motifs is 2. The zero-order chi connectivity index (χ0) is 22.9. The molecule has 10 heteroatoms. The standard InChI is InChI=1S/C15H12O4.C6H12O6/c16-7-8-4-10-6-9-2-1-3-11(17)13(9)15(19)14(10)12(18)5-8;7-1-2-3(8)4(9)5(10)6(11)12-2/h1-5,16-18H,6-7H2;2-11H,1H2. The first-order valence-electron chi connectivity index (χ1n) is 9.49. The molecule has 0 aromatic heterocycles. The molecule has 5 unspecified atom stereocenters. The van der Waals surface area contributed by atoms with E-state index in [0.29, 0.717) is 17.5 Å². The van der Waals surface area contributed by atoms with Crippen molar-refractivity contribution in [3.63, 3.8) is 0 Å². The second-order valence-electron chi connectivity index (χ2n) is 7.34. The maximum absolute atomic E-state index is 12.4. The minimum absolute atomic E-state index is 0.0706. The maximum atomic E-state index is 12.4. The number of benzene rings is 2. The molecule has 0 radical (unpaired) electrons. The fourth-order valence-electron chi connectivity index (χ4n) is 3.65. The van der Waals surface area contributed by atoms with Crippen LogP contribution in [-0.2, 0) is 17.8 Å². The first-order valence-corrected chi connectivity index (χ1v) is 9.49. The van der Waals surface area contributed by atoms with Crippen molar-refractivity contribution in [2.75, 3.05) is 6.61 Å². The van der Waals surface area contributed by atoms with Gasteiger partial charge in [0.15, 0.2) is 6.29 Å². The van der Waals surface area contributed by atoms with Crippen molar-refractivity contribution in [1.29, 1.82) is 0 Å². The van der Waals surface area contributed by atoms with Crippen molar-refractivity contribution in [2.45, 2.75) is 43.7 Å². The van der Waals surface area contributed by atoms with Crippen LogP contribution >= 0.6 is 0 Å². The van der Waals surface area contributed by atoms with E-state index in [0.717, 1.165) is 5.56 Å². The van der Waals surface area contributed by atoms with Crippen LogP contribution in [-0.4, -0.2) is 83.9 Å². The third kappa shape index (κ3) is 4.41. The van der Waals surface area contributed by atoms with Crippen molar-refractivity contribution in [1.82, 2.24) is 0 Å². The number of ether oxygens (including phenoxy) is 1. The summed E-state index contributed by atoms with van der Waals surface area (Å²) in [7, 11) is 0. The highest BCUT2D eigenvalue weighted by Gasteiger charge is 2.42. The molecule has 2 aromatic rings. The van der Waals surface area contributed by atoms with E-state index in [9.17, 15) is 15.0 Å². The number of rotatable bonds is 2. The molecule has 2 aromatic carbocycles. The number of phenolic OH excluding ortho intramolecular Hbond substituents is 2. The topological polar surface area (TPSA) is 188 Å². The van der Waals surface area contributed by atoms with Crippen LogP contribution in [0.25, 0.3) is 0 Å². The number of carbonyl (C=O) groups is 1. The lowest BCUT2D eigenvalue weighted by Crippen LogP contribution is -2.58. The zero-order valence-electron chi connectivity index (χ0n) is 16.3. The van der Waals surface area contributed by atoms with Crippen molar-refractivity contribution in [3.05, 3.63) is 58.1 Å². The molecular weight excluding hydrogens is 412 g/mol. The molecule has 0 bridgehead atoms. The maximum Gasteiger partial charge on any atom is 0.201 e. The SMILES string of the molecule is O=C1c2c(O)cccc2Cc2cc(CO)cc(O)c21.OCC1OC(O)C(O)C(O)C1O. The fourth-order valence-corrected chi connectivity index (χ4v) is 3.65. The lowest BCUT2D eigenvalue weighted by Gasteiger charge is -2.37. The van der Waals surface area contributed by atoms with Crippen LogP contribution in [0.4, 0.5) is 0 Å². The van der Waals surface area contributed by atoms with Gasteiger partial charge in [0.05, 0.1) is 24.3 Å². The first kappa shape index (κ1) is 23.1. The Morgan fingerprint density at radius 3 is 2.19 bits per heavy atom. The molecule has 1 saturated heterocycles. The molecule has 1 fully saturated rings. The Kier molecular flexibility index (Phi) is 6.92. The molecule has 168 valence electrons. The van der Waals surface area contributed by atoms with Gasteiger partial charge in [0.2, 0.25) is 5.78 Å². The van der Waals surface area contributed by atoms with Gasteiger partial charge >= 0.3 is 0 Å². The van der Waals surface area contributed by atoms with Gasteiger partial charge in [-0.2, -0.15) is 0 Å². The second kappa shape index (κ2) is 9.28. The molecule has 1 aliphatic carbocycles. The number of carbonyl (C=O) groups excluding carboxylic acids is 1. The van der Waals surface area contributed by atoms with Crippen LogP contribution in [0.2, 0.25) is 0 Å². The van der Waals surface area contributed by atoms with Gasteiger partial charge in [0, 0.05) is 0 Å². The van der Waals surface area contributed by atoms with Crippen LogP contribution in [0, 0.1) is 0 Å². The van der Waals surface area contributed by atoms with Gasteiger partial charge in [0.25, 0.3) is 0 Å². The number of phenols is 2. The minimum Gasteiger partial charge on any atom is -0.507 e. The molecule has 1 heterocycles. The Bertz CT molecular complexity index is 955. The lowest BCUT2D eigenvalue weighted by atomic mass is 9.83. The van der Waals surface area contributed by atoms with E-state index in [-0.39, 0.29) is 35.0 Å². The highest BCUT2D eigenvalue weighted by molar-refractivity contribution is 6.15. The van der Waals surface area contributed by atoms with Gasteiger partial charge in [-0.3, -0.25) is 4.79 Å². The summed E-state index contributed by atoms with van der Waals surface area (Å²) in [4.78, 5) is 12.4. The number of ketones is 1. The smallest absolute Gasteiger partial charge is 0.201 e. The molecule has 10 nitrogen and oxygen atoms in total. The summed E-state index contributed by atoms with van der Waals surface area (Å²) in [6.07, 6.45) is -6.59. The average Bonchev–Trinajstić information content (AvgIpc) is 2.74. The van der Waals surface area contributed by atoms with Gasteiger partial charge in [-0.15, -0.1) is 0 Å². The molecule has 8 N–H and O–H groups in total. The molecule has 5 atom stereocenters. The van der Waals surface area contributed by atoms with Crippen molar-refractivity contribution >= 4 is 5.78 Å². The Morgan fingerprint density at radius 2 is 1.55 bits per heavy atom. The molecule has 31 heavy (non-hydrogen) atoms. The number of hydrogen-bond acceptors (Lipinski definition) is 10. The first-order chi connectivity index (χ1) is 14.7. The van der Waals surface area contributed by atoms with E-state index in [1.807, 2.05) is 0 Å². The predicted molar refractivity (Wildman–Crippen MR) is 104 cm³/mol. The molecule has 0 spiro atoms. The fraction of sp³-hybridized carbons (Fsp3) is 0.381. The van der Waals surface area contributed by atoms with Crippen molar-refractivity contribution in [2.24, 2.45) is 0 Å². The summed E-state index contributed by atoms with van der Waals surface area (Å²) in [5, 5.41) is 73.5. The van der Waals surface area contributed by atoms with E-state index in [1.165, 1.54) is 12.1 Å². The Hall–Kier alpha value is -2.57. The van der Waals surface area contributed by atoms with Gasteiger partial charge in [-0.1, -0.05) is 18.2 Å². The second-order valence-corrected chi connectivity index (χ2v) is 7.34. The van der Waals surface area contributed by atoms with Gasteiger partial charge in [0.1, 0.15) is 35.9 Å².